The molecule has 7 heteroatoms. The van der Waals surface area contributed by atoms with Gasteiger partial charge in [0.1, 0.15) is 0 Å². The summed E-state index contributed by atoms with van der Waals surface area (Å²) in [4.78, 5) is 10.5. The molecule has 0 spiro atoms. The van der Waals surface area contributed by atoms with Crippen molar-refractivity contribution in [2.75, 3.05) is 12.8 Å². The highest BCUT2D eigenvalue weighted by Gasteiger charge is 2.30. The number of nitrogens with one attached hydrogen (secondary N) is 1. The molecule has 1 N–H and O–H groups in total. The Kier molecular flexibility index (Phi) is 3.36. The molecule has 1 aromatic rings. The van der Waals surface area contributed by atoms with E-state index in [0.29, 0.717) is 18.4 Å². The maximum absolute atomic E-state index is 11.5. The molecule has 0 radical (unpaired) electrons. The Bertz CT molecular complexity index is 583. The van der Waals surface area contributed by atoms with Gasteiger partial charge in [0.25, 0.3) is 5.69 Å². The lowest BCUT2D eigenvalue weighted by molar-refractivity contribution is -0.385. The third kappa shape index (κ3) is 2.51. The van der Waals surface area contributed by atoms with Crippen LogP contribution in [-0.2, 0) is 22.9 Å². The zero-order valence-electron chi connectivity index (χ0n) is 9.92. The first-order chi connectivity index (χ1) is 8.43. The summed E-state index contributed by atoms with van der Waals surface area (Å²) >= 11 is 0. The number of rotatable bonds is 4. The van der Waals surface area contributed by atoms with Crippen molar-refractivity contribution in [3.05, 3.63) is 39.4 Å². The van der Waals surface area contributed by atoms with Gasteiger partial charge in [-0.25, -0.2) is 13.1 Å². The van der Waals surface area contributed by atoms with Crippen LogP contribution in [0.2, 0.25) is 0 Å². The summed E-state index contributed by atoms with van der Waals surface area (Å²) in [5, 5.41) is 10.9. The smallest absolute Gasteiger partial charge is 0.258 e. The van der Waals surface area contributed by atoms with E-state index in [4.69, 9.17) is 0 Å². The van der Waals surface area contributed by atoms with Crippen molar-refractivity contribution < 1.29 is 13.3 Å². The fourth-order valence-corrected chi connectivity index (χ4v) is 3.43. The lowest BCUT2D eigenvalue weighted by atomic mass is 10.1. The maximum Gasteiger partial charge on any atom is 0.272 e. The van der Waals surface area contributed by atoms with E-state index in [1.54, 1.807) is 6.07 Å². The van der Waals surface area contributed by atoms with E-state index in [2.05, 4.69) is 4.72 Å². The second-order valence-electron chi connectivity index (χ2n) is 4.43. The van der Waals surface area contributed by atoms with Crippen LogP contribution in [0.4, 0.5) is 5.69 Å². The maximum atomic E-state index is 11.5. The van der Waals surface area contributed by atoms with Crippen LogP contribution in [0.25, 0.3) is 0 Å². The highest BCUT2D eigenvalue weighted by atomic mass is 32.2. The van der Waals surface area contributed by atoms with Crippen LogP contribution in [0.1, 0.15) is 11.1 Å². The van der Waals surface area contributed by atoms with Crippen molar-refractivity contribution in [1.82, 2.24) is 4.72 Å². The van der Waals surface area contributed by atoms with Gasteiger partial charge in [0, 0.05) is 11.6 Å². The minimum Gasteiger partial charge on any atom is -0.258 e. The topological polar surface area (TPSA) is 89.3 Å². The molecule has 2 rings (SSSR count). The van der Waals surface area contributed by atoms with E-state index < -0.39 is 14.9 Å². The van der Waals surface area contributed by atoms with Gasteiger partial charge in [-0.15, -0.1) is 0 Å². The van der Waals surface area contributed by atoms with E-state index in [1.165, 1.54) is 13.1 Å². The molecule has 98 valence electrons. The van der Waals surface area contributed by atoms with Crippen molar-refractivity contribution in [3.8, 4) is 0 Å². The van der Waals surface area contributed by atoms with Crippen LogP contribution in [0, 0.1) is 16.0 Å². The van der Waals surface area contributed by atoms with Crippen LogP contribution in [0.5, 0.6) is 0 Å². The first kappa shape index (κ1) is 13.0. The molecular weight excluding hydrogens is 256 g/mol. The predicted octanol–water partition coefficient (Wildman–Crippen LogP) is 0.859. The standard InChI is InChI=1S/C11H14N2O4S/c1-12-18(16,17)7-8-5-9-3-2-4-11(13(14)15)10(9)6-8/h2-4,8,12H,5-7H2,1H3/t8-/m1/s1. The third-order valence-corrected chi connectivity index (χ3v) is 4.74. The van der Waals surface area contributed by atoms with Gasteiger partial charge in [0.2, 0.25) is 10.0 Å². The highest BCUT2D eigenvalue weighted by Crippen LogP contribution is 2.33. The van der Waals surface area contributed by atoms with Crippen LogP contribution in [-0.4, -0.2) is 26.1 Å². The average Bonchev–Trinajstić information content (AvgIpc) is 2.69. The summed E-state index contributed by atoms with van der Waals surface area (Å²) in [5.74, 6) is -0.0754. The normalized spacial score (nSPS) is 18.6. The van der Waals surface area contributed by atoms with E-state index in [9.17, 15) is 18.5 Å². The Morgan fingerprint density at radius 2 is 2.17 bits per heavy atom. The zero-order chi connectivity index (χ0) is 13.3. The summed E-state index contributed by atoms with van der Waals surface area (Å²) < 4.78 is 25.2. The molecule has 1 aliphatic rings. The van der Waals surface area contributed by atoms with Crippen molar-refractivity contribution in [1.29, 1.82) is 0 Å². The summed E-state index contributed by atoms with van der Waals surface area (Å²) in [6.45, 7) is 0. The Hall–Kier alpha value is -1.47. The fraction of sp³-hybridized carbons (Fsp3) is 0.455. The first-order valence-corrected chi connectivity index (χ1v) is 7.24. The van der Waals surface area contributed by atoms with Gasteiger partial charge in [-0.05, 0) is 31.4 Å². The number of fused-ring (bicyclic) bond motifs is 1. The van der Waals surface area contributed by atoms with Crippen LogP contribution in [0.15, 0.2) is 18.2 Å². The molecule has 1 aromatic carbocycles. The molecule has 6 nitrogen and oxygen atoms in total. The summed E-state index contributed by atoms with van der Waals surface area (Å²) in [5.41, 5.74) is 1.66. The first-order valence-electron chi connectivity index (χ1n) is 5.59. The molecule has 0 aromatic heterocycles. The lowest BCUT2D eigenvalue weighted by Crippen LogP contribution is -2.27. The van der Waals surface area contributed by atoms with Crippen molar-refractivity contribution in [2.45, 2.75) is 12.8 Å². The van der Waals surface area contributed by atoms with Gasteiger partial charge >= 0.3 is 0 Å². The van der Waals surface area contributed by atoms with Crippen LogP contribution in [0.3, 0.4) is 0 Å². The molecule has 18 heavy (non-hydrogen) atoms. The molecule has 0 fully saturated rings. The molecule has 1 aliphatic carbocycles. The summed E-state index contributed by atoms with van der Waals surface area (Å²) in [7, 11) is -1.90. The minimum absolute atomic E-state index is 0.00926. The lowest BCUT2D eigenvalue weighted by Gasteiger charge is -2.08. The van der Waals surface area contributed by atoms with Crippen molar-refractivity contribution >= 4 is 15.7 Å². The average molecular weight is 270 g/mol. The van der Waals surface area contributed by atoms with Gasteiger partial charge < -0.3 is 0 Å². The zero-order valence-corrected chi connectivity index (χ0v) is 10.7. The van der Waals surface area contributed by atoms with E-state index in [-0.39, 0.29) is 17.4 Å². The predicted molar refractivity (Wildman–Crippen MR) is 66.8 cm³/mol. The molecule has 0 unspecified atom stereocenters. The Morgan fingerprint density at radius 3 is 2.78 bits per heavy atom. The van der Waals surface area contributed by atoms with Crippen LogP contribution >= 0.6 is 0 Å². The molecule has 0 aliphatic heterocycles. The molecule has 0 bridgehead atoms. The summed E-state index contributed by atoms with van der Waals surface area (Å²) in [6.07, 6.45) is 1.03. The molecule has 0 saturated carbocycles. The number of sulfonamides is 1. The third-order valence-electron chi connectivity index (χ3n) is 3.21. The Balaban J connectivity index is 2.23. The Labute approximate surface area is 105 Å². The largest absolute Gasteiger partial charge is 0.272 e. The van der Waals surface area contributed by atoms with Gasteiger partial charge in [0.15, 0.2) is 0 Å². The number of nitro benzene ring substituents is 1. The monoisotopic (exact) mass is 270 g/mol. The van der Waals surface area contributed by atoms with Crippen molar-refractivity contribution in [3.63, 3.8) is 0 Å². The fourth-order valence-electron chi connectivity index (χ4n) is 2.40. The van der Waals surface area contributed by atoms with Gasteiger partial charge in [-0.2, -0.15) is 0 Å². The summed E-state index contributed by atoms with van der Waals surface area (Å²) in [6, 6.07) is 4.94. The van der Waals surface area contributed by atoms with E-state index >= 15 is 0 Å². The molecular formula is C11H14N2O4S. The number of hydrogen-bond donors (Lipinski definition) is 1. The minimum atomic E-state index is -3.27. The van der Waals surface area contributed by atoms with E-state index in [0.717, 1.165) is 5.56 Å². The van der Waals surface area contributed by atoms with Gasteiger partial charge in [0.05, 0.1) is 10.7 Å². The van der Waals surface area contributed by atoms with Gasteiger partial charge in [-0.1, -0.05) is 12.1 Å². The molecule has 0 amide bonds. The van der Waals surface area contributed by atoms with Gasteiger partial charge in [-0.3, -0.25) is 10.1 Å². The number of benzene rings is 1. The second kappa shape index (κ2) is 4.66. The highest BCUT2D eigenvalue weighted by molar-refractivity contribution is 7.89. The van der Waals surface area contributed by atoms with Crippen molar-refractivity contribution in [2.24, 2.45) is 5.92 Å². The number of hydrogen-bond acceptors (Lipinski definition) is 4. The number of nitro groups is 1. The van der Waals surface area contributed by atoms with Crippen LogP contribution < -0.4 is 4.72 Å². The second-order valence-corrected chi connectivity index (χ2v) is 6.40. The number of nitrogens with zero attached hydrogens (tertiary/aromatic N) is 1. The SMILES string of the molecule is CNS(=O)(=O)C[C@@H]1Cc2cccc([N+](=O)[O-])c2C1. The van der Waals surface area contributed by atoms with E-state index in [1.807, 2.05) is 6.07 Å². The molecule has 0 heterocycles. The molecule has 1 atom stereocenters. The molecule has 0 saturated heterocycles. The quantitative estimate of drug-likeness (QED) is 0.649. The Morgan fingerprint density at radius 1 is 1.44 bits per heavy atom.